The molecule has 0 radical (unpaired) electrons. The maximum Gasteiger partial charge on any atom is 0.197 e. The molecular weight excluding hydrogens is 204 g/mol. The fourth-order valence-electron chi connectivity index (χ4n) is 1.12. The van der Waals surface area contributed by atoms with E-state index in [9.17, 15) is 4.79 Å². The molecule has 0 saturated heterocycles. The maximum atomic E-state index is 11.2. The minimum absolute atomic E-state index is 0.108. The first-order valence-electron chi connectivity index (χ1n) is 5.38. The van der Waals surface area contributed by atoms with E-state index in [2.05, 4.69) is 11.3 Å². The highest BCUT2D eigenvalue weighted by Gasteiger charge is 2.06. The summed E-state index contributed by atoms with van der Waals surface area (Å²) < 4.78 is 9.53. The lowest BCUT2D eigenvalue weighted by molar-refractivity contribution is 0.0953. The number of carbonyl (C=O) groups excluding carboxylic acids is 1. The number of Topliss-reactive ketones (excluding diaryl/α,β-unsaturated/α-hetero) is 1. The van der Waals surface area contributed by atoms with Crippen LogP contribution in [0.1, 0.15) is 36.7 Å². The molecule has 0 saturated carbocycles. The summed E-state index contributed by atoms with van der Waals surface area (Å²) in [5.41, 5.74) is 0. The monoisotopic (exact) mass is 220 g/mol. The average molecular weight is 220 g/mol. The van der Waals surface area contributed by atoms with E-state index in [0.717, 1.165) is 12.8 Å². The molecule has 0 aliphatic carbocycles. The van der Waals surface area contributed by atoms with Crippen molar-refractivity contribution in [3.8, 4) is 0 Å². The quantitative estimate of drug-likeness (QED) is 0.733. The first kappa shape index (κ1) is 12.3. The zero-order chi connectivity index (χ0) is 11.6. The van der Waals surface area contributed by atoms with Crippen molar-refractivity contribution in [3.05, 3.63) is 48.8 Å². The van der Waals surface area contributed by atoms with Crippen LogP contribution in [0.15, 0.2) is 51.9 Å². The molecule has 3 heteroatoms. The van der Waals surface area contributed by atoms with Gasteiger partial charge in [0.1, 0.15) is 0 Å². The molecule has 0 aromatic carbocycles. The number of ketones is 1. The Bertz CT molecular complexity index is 343. The van der Waals surface area contributed by atoms with E-state index in [1.165, 1.54) is 6.26 Å². The fraction of sp³-hybridized carbons (Fsp3) is 0.308. The molecule has 0 fully saturated rings. The van der Waals surface area contributed by atoms with E-state index in [1.807, 2.05) is 12.1 Å². The molecule has 0 aliphatic rings. The molecule has 2 aromatic rings. The third-order valence-corrected chi connectivity index (χ3v) is 1.98. The van der Waals surface area contributed by atoms with Gasteiger partial charge in [0.05, 0.1) is 18.8 Å². The molecule has 0 bridgehead atoms. The SMILES string of the molecule is CCCCC(=O)c1ccco1.c1ccoc1. The molecule has 2 aromatic heterocycles. The van der Waals surface area contributed by atoms with Gasteiger partial charge in [-0.05, 0) is 30.7 Å². The normalized spacial score (nSPS) is 9.31. The predicted molar refractivity (Wildman–Crippen MR) is 61.3 cm³/mol. The summed E-state index contributed by atoms with van der Waals surface area (Å²) in [5.74, 6) is 0.593. The van der Waals surface area contributed by atoms with E-state index in [1.54, 1.807) is 24.7 Å². The van der Waals surface area contributed by atoms with Crippen molar-refractivity contribution in [2.75, 3.05) is 0 Å². The summed E-state index contributed by atoms with van der Waals surface area (Å²) in [6.45, 7) is 2.06. The van der Waals surface area contributed by atoms with Crippen LogP contribution in [-0.2, 0) is 0 Å². The molecule has 0 unspecified atom stereocenters. The van der Waals surface area contributed by atoms with Crippen molar-refractivity contribution in [3.63, 3.8) is 0 Å². The highest BCUT2D eigenvalue weighted by Crippen LogP contribution is 2.06. The molecule has 0 N–H and O–H groups in total. The van der Waals surface area contributed by atoms with Gasteiger partial charge in [0.15, 0.2) is 11.5 Å². The predicted octanol–water partition coefficient (Wildman–Crippen LogP) is 3.93. The number of rotatable bonds is 4. The van der Waals surface area contributed by atoms with Gasteiger partial charge in [-0.1, -0.05) is 13.3 Å². The van der Waals surface area contributed by atoms with Crippen molar-refractivity contribution in [2.24, 2.45) is 0 Å². The van der Waals surface area contributed by atoms with E-state index in [0.29, 0.717) is 12.2 Å². The summed E-state index contributed by atoms with van der Waals surface area (Å²) in [5, 5.41) is 0. The fourth-order valence-corrected chi connectivity index (χ4v) is 1.12. The number of unbranched alkanes of at least 4 members (excludes halogenated alkanes) is 1. The number of hydrogen-bond acceptors (Lipinski definition) is 3. The summed E-state index contributed by atoms with van der Waals surface area (Å²) in [4.78, 5) is 11.2. The Kier molecular flexibility index (Phi) is 5.78. The Balaban J connectivity index is 0.000000212. The van der Waals surface area contributed by atoms with Gasteiger partial charge >= 0.3 is 0 Å². The Morgan fingerprint density at radius 3 is 2.38 bits per heavy atom. The molecule has 86 valence electrons. The summed E-state index contributed by atoms with van der Waals surface area (Å²) >= 11 is 0. The standard InChI is InChI=1S/C9H12O2.C4H4O/c1-2-3-5-8(10)9-6-4-7-11-9;1-2-4-5-3-1/h4,6-7H,2-3,5H2,1H3;1-4H. The summed E-state index contributed by atoms with van der Waals surface area (Å²) in [6, 6.07) is 7.11. The van der Waals surface area contributed by atoms with Crippen molar-refractivity contribution in [1.82, 2.24) is 0 Å². The van der Waals surface area contributed by atoms with Gasteiger partial charge in [-0.2, -0.15) is 0 Å². The molecular formula is C13H16O3. The molecule has 0 amide bonds. The summed E-state index contributed by atoms with van der Waals surface area (Å²) in [7, 11) is 0. The summed E-state index contributed by atoms with van der Waals surface area (Å²) in [6.07, 6.45) is 7.37. The Morgan fingerprint density at radius 1 is 1.19 bits per heavy atom. The maximum absolute atomic E-state index is 11.2. The Hall–Kier alpha value is -1.77. The molecule has 3 nitrogen and oxygen atoms in total. The van der Waals surface area contributed by atoms with Crippen LogP contribution in [-0.4, -0.2) is 5.78 Å². The van der Waals surface area contributed by atoms with Crippen molar-refractivity contribution >= 4 is 5.78 Å². The van der Waals surface area contributed by atoms with Crippen LogP contribution in [0.5, 0.6) is 0 Å². The van der Waals surface area contributed by atoms with Crippen LogP contribution >= 0.6 is 0 Å². The third-order valence-electron chi connectivity index (χ3n) is 1.98. The third kappa shape index (κ3) is 4.64. The second-order valence-electron chi connectivity index (χ2n) is 3.30. The lowest BCUT2D eigenvalue weighted by Crippen LogP contribution is -1.95. The zero-order valence-electron chi connectivity index (χ0n) is 9.39. The highest BCUT2D eigenvalue weighted by molar-refractivity contribution is 5.93. The minimum atomic E-state index is 0.108. The van der Waals surface area contributed by atoms with Crippen LogP contribution in [0, 0.1) is 0 Å². The van der Waals surface area contributed by atoms with Crippen LogP contribution in [0.3, 0.4) is 0 Å². The van der Waals surface area contributed by atoms with Gasteiger partial charge < -0.3 is 8.83 Å². The molecule has 2 rings (SSSR count). The van der Waals surface area contributed by atoms with Gasteiger partial charge in [0.25, 0.3) is 0 Å². The minimum Gasteiger partial charge on any atom is -0.473 e. The first-order valence-corrected chi connectivity index (χ1v) is 5.38. The van der Waals surface area contributed by atoms with Crippen LogP contribution < -0.4 is 0 Å². The Labute approximate surface area is 95.1 Å². The van der Waals surface area contributed by atoms with E-state index in [4.69, 9.17) is 4.42 Å². The molecule has 16 heavy (non-hydrogen) atoms. The molecule has 0 atom stereocenters. The Morgan fingerprint density at radius 2 is 1.94 bits per heavy atom. The van der Waals surface area contributed by atoms with Gasteiger partial charge in [-0.15, -0.1) is 0 Å². The highest BCUT2D eigenvalue weighted by atomic mass is 16.3. The van der Waals surface area contributed by atoms with Gasteiger partial charge in [-0.3, -0.25) is 4.79 Å². The van der Waals surface area contributed by atoms with Crippen molar-refractivity contribution in [2.45, 2.75) is 26.2 Å². The first-order chi connectivity index (χ1) is 7.84. The van der Waals surface area contributed by atoms with Crippen molar-refractivity contribution in [1.29, 1.82) is 0 Å². The smallest absolute Gasteiger partial charge is 0.197 e. The number of hydrogen-bond donors (Lipinski definition) is 0. The van der Waals surface area contributed by atoms with Gasteiger partial charge in [0.2, 0.25) is 0 Å². The largest absolute Gasteiger partial charge is 0.473 e. The zero-order valence-corrected chi connectivity index (χ0v) is 9.39. The average Bonchev–Trinajstić information content (AvgIpc) is 2.98. The lowest BCUT2D eigenvalue weighted by Gasteiger charge is -1.93. The number of carbonyl (C=O) groups is 1. The molecule has 0 spiro atoms. The molecule has 2 heterocycles. The van der Waals surface area contributed by atoms with Gasteiger partial charge in [0, 0.05) is 6.42 Å². The van der Waals surface area contributed by atoms with Crippen LogP contribution in [0.4, 0.5) is 0 Å². The van der Waals surface area contributed by atoms with E-state index in [-0.39, 0.29) is 5.78 Å². The van der Waals surface area contributed by atoms with E-state index < -0.39 is 0 Å². The van der Waals surface area contributed by atoms with Gasteiger partial charge in [-0.25, -0.2) is 0 Å². The van der Waals surface area contributed by atoms with E-state index >= 15 is 0 Å². The van der Waals surface area contributed by atoms with Crippen molar-refractivity contribution < 1.29 is 13.6 Å². The lowest BCUT2D eigenvalue weighted by atomic mass is 10.1. The van der Waals surface area contributed by atoms with Crippen LogP contribution in [0.2, 0.25) is 0 Å². The topological polar surface area (TPSA) is 43.4 Å². The number of furan rings is 2. The second-order valence-corrected chi connectivity index (χ2v) is 3.30. The molecule has 0 aliphatic heterocycles. The van der Waals surface area contributed by atoms with Crippen LogP contribution in [0.25, 0.3) is 0 Å². The second kappa shape index (κ2) is 7.51.